The van der Waals surface area contributed by atoms with E-state index in [1.165, 1.54) is 0 Å². The maximum atomic E-state index is 12.5. The van der Waals surface area contributed by atoms with Crippen molar-refractivity contribution in [1.29, 1.82) is 0 Å². The van der Waals surface area contributed by atoms with Crippen molar-refractivity contribution in [3.63, 3.8) is 0 Å². The van der Waals surface area contributed by atoms with Crippen molar-refractivity contribution < 1.29 is 14.4 Å². The molecule has 0 fully saturated rings. The normalized spacial score (nSPS) is 14.0. The van der Waals surface area contributed by atoms with E-state index in [9.17, 15) is 9.59 Å². The predicted molar refractivity (Wildman–Crippen MR) is 85.3 cm³/mol. The van der Waals surface area contributed by atoms with Crippen LogP contribution in [0, 0.1) is 0 Å². The van der Waals surface area contributed by atoms with Crippen molar-refractivity contribution in [2.24, 2.45) is 0 Å². The highest BCUT2D eigenvalue weighted by molar-refractivity contribution is 6.44. The van der Waals surface area contributed by atoms with E-state index in [-0.39, 0.29) is 0 Å². The van der Waals surface area contributed by atoms with Crippen molar-refractivity contribution in [3.8, 4) is 0 Å². The average molecular weight is 338 g/mol. The number of nitrogens with zero attached hydrogens (tertiary/aromatic N) is 1. The molecule has 22 heavy (non-hydrogen) atoms. The number of imide groups is 1. The van der Waals surface area contributed by atoms with Crippen molar-refractivity contribution in [3.05, 3.63) is 45.4 Å². The number of benzene rings is 2. The first-order valence-electron chi connectivity index (χ1n) is 6.98. The van der Waals surface area contributed by atoms with Crippen LogP contribution < -0.4 is 0 Å². The zero-order chi connectivity index (χ0) is 15.9. The van der Waals surface area contributed by atoms with Gasteiger partial charge < -0.3 is 0 Å². The average Bonchev–Trinajstić information content (AvgIpc) is 2.50. The number of hydrogen-bond acceptors (Lipinski definition) is 3. The second kappa shape index (κ2) is 5.88. The lowest BCUT2D eigenvalue weighted by atomic mass is 9.95. The summed E-state index contributed by atoms with van der Waals surface area (Å²) in [7, 11) is 0. The summed E-state index contributed by atoms with van der Waals surface area (Å²) in [6.07, 6.45) is 1.67. The largest absolute Gasteiger partial charge is 0.285 e. The highest BCUT2D eigenvalue weighted by Crippen LogP contribution is 2.38. The fourth-order valence-corrected chi connectivity index (χ4v) is 3.07. The summed E-state index contributed by atoms with van der Waals surface area (Å²) in [6.45, 7) is 2.32. The number of hydroxylamine groups is 2. The molecule has 0 N–H and O–H groups in total. The molecule has 0 saturated heterocycles. The molecule has 2 aromatic rings. The Hall–Kier alpha value is -1.62. The van der Waals surface area contributed by atoms with Crippen LogP contribution in [0.5, 0.6) is 0 Å². The molecule has 2 aromatic carbocycles. The van der Waals surface area contributed by atoms with Crippen LogP contribution in [0.1, 0.15) is 40.5 Å². The number of carbonyl (C=O) groups is 2. The second-order valence-electron chi connectivity index (χ2n) is 5.03. The highest BCUT2D eigenvalue weighted by atomic mass is 35.5. The van der Waals surface area contributed by atoms with Gasteiger partial charge in [0.15, 0.2) is 0 Å². The third-order valence-electron chi connectivity index (χ3n) is 3.61. The SMILES string of the molecule is CCCCON1C(=O)c2ccc(Cl)c3c(Cl)ccc(c23)C1=O. The first-order chi connectivity index (χ1) is 10.6. The van der Waals surface area contributed by atoms with Crippen LogP contribution in [0.15, 0.2) is 24.3 Å². The minimum atomic E-state index is -0.488. The first-order valence-corrected chi connectivity index (χ1v) is 7.74. The molecule has 0 spiro atoms. The van der Waals surface area contributed by atoms with E-state index in [0.717, 1.165) is 17.9 Å². The van der Waals surface area contributed by atoms with Crippen LogP contribution in [0.3, 0.4) is 0 Å². The van der Waals surface area contributed by atoms with Gasteiger partial charge in [0.2, 0.25) is 0 Å². The van der Waals surface area contributed by atoms with Gasteiger partial charge in [-0.1, -0.05) is 36.5 Å². The van der Waals surface area contributed by atoms with E-state index in [2.05, 4.69) is 0 Å². The van der Waals surface area contributed by atoms with Gasteiger partial charge in [-0.25, -0.2) is 0 Å². The molecule has 3 rings (SSSR count). The van der Waals surface area contributed by atoms with Crippen molar-refractivity contribution >= 4 is 45.8 Å². The summed E-state index contributed by atoms with van der Waals surface area (Å²) < 4.78 is 0. The Morgan fingerprint density at radius 2 is 1.50 bits per heavy atom. The fraction of sp³-hybridized carbons (Fsp3) is 0.250. The lowest BCUT2D eigenvalue weighted by molar-refractivity contribution is -0.0958. The molecule has 0 radical (unpaired) electrons. The van der Waals surface area contributed by atoms with Gasteiger partial charge in [0.25, 0.3) is 11.8 Å². The molecule has 0 aromatic heterocycles. The van der Waals surface area contributed by atoms with Gasteiger partial charge in [-0.3, -0.25) is 14.4 Å². The Kier molecular flexibility index (Phi) is 4.08. The zero-order valence-corrected chi connectivity index (χ0v) is 13.4. The van der Waals surface area contributed by atoms with Crippen LogP contribution in [0.25, 0.3) is 10.8 Å². The topological polar surface area (TPSA) is 46.6 Å². The molecule has 1 aliphatic heterocycles. The summed E-state index contributed by atoms with van der Waals surface area (Å²) in [5.41, 5.74) is 0.737. The van der Waals surface area contributed by atoms with Crippen LogP contribution >= 0.6 is 23.2 Å². The van der Waals surface area contributed by atoms with Crippen LogP contribution in [0.4, 0.5) is 0 Å². The van der Waals surface area contributed by atoms with Crippen molar-refractivity contribution in [1.82, 2.24) is 5.06 Å². The summed E-state index contributed by atoms with van der Waals surface area (Å²) >= 11 is 12.3. The lowest BCUT2D eigenvalue weighted by Gasteiger charge is -2.26. The Morgan fingerprint density at radius 3 is 2.00 bits per heavy atom. The summed E-state index contributed by atoms with van der Waals surface area (Å²) in [6, 6.07) is 6.39. The molecule has 0 saturated carbocycles. The fourth-order valence-electron chi connectivity index (χ4n) is 2.50. The maximum absolute atomic E-state index is 12.5. The van der Waals surface area contributed by atoms with E-state index in [1.807, 2.05) is 6.92 Å². The van der Waals surface area contributed by atoms with Crippen LogP contribution in [-0.4, -0.2) is 23.5 Å². The van der Waals surface area contributed by atoms with E-state index in [4.69, 9.17) is 28.0 Å². The molecule has 0 bridgehead atoms. The number of hydrogen-bond donors (Lipinski definition) is 0. The van der Waals surface area contributed by atoms with Gasteiger partial charge >= 0.3 is 0 Å². The third kappa shape index (κ3) is 2.28. The van der Waals surface area contributed by atoms with Gasteiger partial charge in [0, 0.05) is 20.8 Å². The summed E-state index contributed by atoms with van der Waals surface area (Å²) in [5.74, 6) is -0.977. The van der Waals surface area contributed by atoms with Crippen molar-refractivity contribution in [2.75, 3.05) is 6.61 Å². The number of amides is 2. The van der Waals surface area contributed by atoms with E-state index in [0.29, 0.717) is 38.6 Å². The van der Waals surface area contributed by atoms with Gasteiger partial charge in [-0.2, -0.15) is 0 Å². The smallest absolute Gasteiger partial charge is 0.266 e. The number of rotatable bonds is 4. The Balaban J connectivity index is 2.16. The Labute approximate surface area is 137 Å². The monoisotopic (exact) mass is 337 g/mol. The van der Waals surface area contributed by atoms with Gasteiger partial charge in [0.05, 0.1) is 17.7 Å². The van der Waals surface area contributed by atoms with Crippen LogP contribution in [-0.2, 0) is 4.84 Å². The minimum absolute atomic E-state index is 0.313. The lowest BCUT2D eigenvalue weighted by Crippen LogP contribution is -2.40. The molecule has 0 aliphatic carbocycles. The van der Waals surface area contributed by atoms with Gasteiger partial charge in [-0.05, 0) is 30.7 Å². The highest BCUT2D eigenvalue weighted by Gasteiger charge is 2.34. The van der Waals surface area contributed by atoms with E-state index in [1.54, 1.807) is 24.3 Å². The Bertz CT molecular complexity index is 732. The quantitative estimate of drug-likeness (QED) is 0.610. The molecular formula is C16H13Cl2NO3. The Morgan fingerprint density at radius 1 is 0.955 bits per heavy atom. The number of carbonyl (C=O) groups excluding carboxylic acids is 2. The molecule has 6 heteroatoms. The van der Waals surface area contributed by atoms with E-state index < -0.39 is 11.8 Å². The molecule has 2 amide bonds. The molecule has 1 heterocycles. The molecule has 0 unspecified atom stereocenters. The molecular weight excluding hydrogens is 325 g/mol. The summed E-state index contributed by atoms with van der Waals surface area (Å²) in [4.78, 5) is 30.4. The van der Waals surface area contributed by atoms with Gasteiger partial charge in [0.1, 0.15) is 0 Å². The third-order valence-corrected chi connectivity index (χ3v) is 4.24. The van der Waals surface area contributed by atoms with Crippen molar-refractivity contribution in [2.45, 2.75) is 19.8 Å². The standard InChI is InChI=1S/C16H13Cl2NO3/c1-2-3-8-22-19-15(20)9-4-6-11(17)14-12(18)7-5-10(13(9)14)16(19)21/h4-7H,2-3,8H2,1H3. The number of unbranched alkanes of at least 4 members (excludes halogenated alkanes) is 1. The van der Waals surface area contributed by atoms with Gasteiger partial charge in [-0.15, -0.1) is 5.06 Å². The number of halogens is 2. The molecule has 1 aliphatic rings. The predicted octanol–water partition coefficient (Wildman–Crippen LogP) is 4.47. The first kappa shape index (κ1) is 15.3. The molecule has 0 atom stereocenters. The second-order valence-corrected chi connectivity index (χ2v) is 5.85. The zero-order valence-electron chi connectivity index (χ0n) is 11.9. The van der Waals surface area contributed by atoms with E-state index >= 15 is 0 Å². The molecule has 114 valence electrons. The molecule has 4 nitrogen and oxygen atoms in total. The maximum Gasteiger partial charge on any atom is 0.285 e. The summed E-state index contributed by atoms with van der Waals surface area (Å²) in [5, 5.41) is 2.66. The van der Waals surface area contributed by atoms with Crippen LogP contribution in [0.2, 0.25) is 10.0 Å². The minimum Gasteiger partial charge on any atom is -0.266 e.